The molecule has 0 spiro atoms. The van der Waals surface area contributed by atoms with E-state index in [2.05, 4.69) is 26.2 Å². The lowest BCUT2D eigenvalue weighted by atomic mass is 10.1. The van der Waals surface area contributed by atoms with Crippen molar-refractivity contribution in [2.45, 2.75) is 16.0 Å². The van der Waals surface area contributed by atoms with Crippen molar-refractivity contribution >= 4 is 39.3 Å². The highest BCUT2D eigenvalue weighted by molar-refractivity contribution is 9.10. The monoisotopic (exact) mass is 335 g/mol. The van der Waals surface area contributed by atoms with Gasteiger partial charge < -0.3 is 11.1 Å². The molecule has 4 nitrogen and oxygen atoms in total. The van der Waals surface area contributed by atoms with Gasteiger partial charge >= 0.3 is 0 Å². The average molecular weight is 336 g/mol. The van der Waals surface area contributed by atoms with Gasteiger partial charge in [0, 0.05) is 26.8 Å². The first-order chi connectivity index (χ1) is 9.15. The molecule has 0 saturated heterocycles. The molecule has 96 valence electrons. The number of benzene rings is 1. The summed E-state index contributed by atoms with van der Waals surface area (Å²) in [5, 5.41) is 3.68. The number of anilines is 1. The van der Waals surface area contributed by atoms with E-state index in [4.69, 9.17) is 5.73 Å². The van der Waals surface area contributed by atoms with Gasteiger partial charge in [-0.2, -0.15) is 0 Å². The van der Waals surface area contributed by atoms with Crippen LogP contribution in [0.25, 0.3) is 0 Å². The minimum atomic E-state index is -0.583. The van der Waals surface area contributed by atoms with Gasteiger partial charge in [0.1, 0.15) is 11.1 Å². The van der Waals surface area contributed by atoms with E-state index in [1.165, 1.54) is 11.8 Å². The molecule has 0 bridgehead atoms. The number of aromatic nitrogens is 1. The molecule has 3 N–H and O–H groups in total. The van der Waals surface area contributed by atoms with Gasteiger partial charge in [0.25, 0.3) is 0 Å². The summed E-state index contributed by atoms with van der Waals surface area (Å²) in [4.78, 5) is 16.8. The van der Waals surface area contributed by atoms with Crippen LogP contribution in [0.4, 0.5) is 5.69 Å². The molecular weight excluding hydrogens is 326 g/mol. The lowest BCUT2D eigenvalue weighted by Gasteiger charge is -2.08. The third-order valence-corrected chi connectivity index (χ3v) is 4.76. The molecule has 1 amide bonds. The van der Waals surface area contributed by atoms with Crippen molar-refractivity contribution in [2.24, 2.45) is 5.73 Å². The lowest BCUT2D eigenvalue weighted by Crippen LogP contribution is -2.19. The maximum absolute atomic E-state index is 11.5. The van der Waals surface area contributed by atoms with Crippen LogP contribution in [0.1, 0.15) is 11.6 Å². The molecule has 3 rings (SSSR count). The van der Waals surface area contributed by atoms with Crippen molar-refractivity contribution in [3.05, 3.63) is 46.6 Å². The maximum Gasteiger partial charge on any atom is 0.245 e. The third-order valence-electron chi connectivity index (χ3n) is 2.83. The third kappa shape index (κ3) is 2.39. The largest absolute Gasteiger partial charge is 0.324 e. The topological polar surface area (TPSA) is 68.0 Å². The Morgan fingerprint density at radius 3 is 2.95 bits per heavy atom. The first-order valence-electron chi connectivity index (χ1n) is 5.64. The zero-order chi connectivity index (χ0) is 13.4. The minimum Gasteiger partial charge on any atom is -0.324 e. The van der Waals surface area contributed by atoms with Crippen LogP contribution in [-0.4, -0.2) is 10.9 Å². The van der Waals surface area contributed by atoms with E-state index in [-0.39, 0.29) is 5.91 Å². The van der Waals surface area contributed by atoms with Crippen molar-refractivity contribution in [1.29, 1.82) is 0 Å². The van der Waals surface area contributed by atoms with Crippen LogP contribution >= 0.6 is 27.7 Å². The van der Waals surface area contributed by atoms with Gasteiger partial charge in [-0.1, -0.05) is 17.8 Å². The molecule has 2 aromatic rings. The van der Waals surface area contributed by atoms with E-state index in [0.717, 1.165) is 25.6 Å². The fraction of sp³-hybridized carbons (Fsp3) is 0.0769. The maximum atomic E-state index is 11.5. The lowest BCUT2D eigenvalue weighted by molar-refractivity contribution is -0.116. The van der Waals surface area contributed by atoms with Crippen molar-refractivity contribution < 1.29 is 4.79 Å². The highest BCUT2D eigenvalue weighted by Crippen LogP contribution is 2.40. The molecule has 1 aliphatic heterocycles. The van der Waals surface area contributed by atoms with E-state index < -0.39 is 6.04 Å². The van der Waals surface area contributed by atoms with Crippen molar-refractivity contribution in [2.75, 3.05) is 5.32 Å². The quantitative estimate of drug-likeness (QED) is 0.885. The zero-order valence-electron chi connectivity index (χ0n) is 9.76. The number of halogens is 1. The Morgan fingerprint density at radius 2 is 2.21 bits per heavy atom. The van der Waals surface area contributed by atoms with Crippen LogP contribution in [-0.2, 0) is 4.79 Å². The molecule has 0 radical (unpaired) electrons. The fourth-order valence-corrected chi connectivity index (χ4v) is 3.31. The van der Waals surface area contributed by atoms with Gasteiger partial charge in [-0.25, -0.2) is 4.98 Å². The van der Waals surface area contributed by atoms with Gasteiger partial charge in [-0.05, 0) is 40.2 Å². The highest BCUT2D eigenvalue weighted by atomic mass is 79.9. The molecule has 1 aromatic carbocycles. The summed E-state index contributed by atoms with van der Waals surface area (Å²) in [6, 6.07) is 8.98. The van der Waals surface area contributed by atoms with Crippen molar-refractivity contribution in [1.82, 2.24) is 4.98 Å². The standard InChI is InChI=1S/C13H10BrN3OS/c14-8-5-7-9(17-13(18)12(7)15)6-10(8)19-11-3-1-2-4-16-11/h1-6,12H,15H2,(H,17,18). The van der Waals surface area contributed by atoms with E-state index in [1.54, 1.807) is 6.20 Å². The van der Waals surface area contributed by atoms with E-state index in [1.807, 2.05) is 30.3 Å². The SMILES string of the molecule is NC1C(=O)Nc2cc(Sc3ccccn3)c(Br)cc21. The number of carbonyl (C=O) groups is 1. The second-order valence-electron chi connectivity index (χ2n) is 4.11. The summed E-state index contributed by atoms with van der Waals surface area (Å²) in [5.41, 5.74) is 7.41. The smallest absolute Gasteiger partial charge is 0.245 e. The van der Waals surface area contributed by atoms with Crippen molar-refractivity contribution in [3.8, 4) is 0 Å². The summed E-state index contributed by atoms with van der Waals surface area (Å²) < 4.78 is 0.911. The Bertz CT molecular complexity index is 648. The molecule has 0 saturated carbocycles. The molecule has 0 aliphatic carbocycles. The Labute approximate surface area is 122 Å². The van der Waals surface area contributed by atoms with Crippen LogP contribution in [0, 0.1) is 0 Å². The predicted octanol–water partition coefficient (Wildman–Crippen LogP) is 2.95. The second-order valence-corrected chi connectivity index (χ2v) is 6.02. The van der Waals surface area contributed by atoms with Crippen molar-refractivity contribution in [3.63, 3.8) is 0 Å². The van der Waals surface area contributed by atoms with Gasteiger partial charge in [0.05, 0.1) is 0 Å². The summed E-state index contributed by atoms with van der Waals surface area (Å²) in [6.45, 7) is 0. The Balaban J connectivity index is 1.97. The average Bonchev–Trinajstić information content (AvgIpc) is 2.67. The number of pyridine rings is 1. The number of carbonyl (C=O) groups excluding carboxylic acids is 1. The summed E-state index contributed by atoms with van der Waals surface area (Å²) in [6.07, 6.45) is 1.75. The first kappa shape index (κ1) is 12.7. The number of rotatable bonds is 2. The number of amides is 1. The van der Waals surface area contributed by atoms with Gasteiger partial charge in [-0.15, -0.1) is 0 Å². The van der Waals surface area contributed by atoms with Gasteiger partial charge in [-0.3, -0.25) is 4.79 Å². The van der Waals surface area contributed by atoms with E-state index >= 15 is 0 Å². The molecular formula is C13H10BrN3OS. The van der Waals surface area contributed by atoms with E-state index in [9.17, 15) is 4.79 Å². The van der Waals surface area contributed by atoms with Crippen LogP contribution < -0.4 is 11.1 Å². The van der Waals surface area contributed by atoms with E-state index in [0.29, 0.717) is 0 Å². The molecule has 1 unspecified atom stereocenters. The highest BCUT2D eigenvalue weighted by Gasteiger charge is 2.28. The Kier molecular flexibility index (Phi) is 3.30. The van der Waals surface area contributed by atoms with Crippen LogP contribution in [0.2, 0.25) is 0 Å². The molecule has 1 aromatic heterocycles. The second kappa shape index (κ2) is 4.96. The number of nitrogens with one attached hydrogen (secondary N) is 1. The number of hydrogen-bond donors (Lipinski definition) is 2. The molecule has 0 fully saturated rings. The van der Waals surface area contributed by atoms with Gasteiger partial charge in [0.15, 0.2) is 0 Å². The van der Waals surface area contributed by atoms with Crippen LogP contribution in [0.15, 0.2) is 50.9 Å². The molecule has 19 heavy (non-hydrogen) atoms. The Hall–Kier alpha value is -1.37. The Morgan fingerprint density at radius 1 is 1.37 bits per heavy atom. The summed E-state index contributed by atoms with van der Waals surface area (Å²) in [7, 11) is 0. The minimum absolute atomic E-state index is 0.165. The normalized spacial score (nSPS) is 17.2. The van der Waals surface area contributed by atoms with Gasteiger partial charge in [0.2, 0.25) is 5.91 Å². The first-order valence-corrected chi connectivity index (χ1v) is 7.25. The molecule has 2 heterocycles. The molecule has 1 atom stereocenters. The number of nitrogens with zero attached hydrogens (tertiary/aromatic N) is 1. The fourth-order valence-electron chi connectivity index (χ4n) is 1.88. The number of nitrogens with two attached hydrogens (primary N) is 1. The summed E-state index contributed by atoms with van der Waals surface area (Å²) >= 11 is 5.04. The van der Waals surface area contributed by atoms with Crippen LogP contribution in [0.5, 0.6) is 0 Å². The molecule has 1 aliphatic rings. The molecule has 6 heteroatoms. The summed E-state index contributed by atoms with van der Waals surface area (Å²) in [5.74, 6) is -0.165. The zero-order valence-corrected chi connectivity index (χ0v) is 12.2. The number of fused-ring (bicyclic) bond motifs is 1. The number of hydrogen-bond acceptors (Lipinski definition) is 4. The predicted molar refractivity (Wildman–Crippen MR) is 78.1 cm³/mol. The van der Waals surface area contributed by atoms with Crippen LogP contribution in [0.3, 0.4) is 0 Å².